The van der Waals surface area contributed by atoms with E-state index >= 15 is 0 Å². The van der Waals surface area contributed by atoms with Gasteiger partial charge >= 0.3 is 0 Å². The molecule has 4 aliphatic rings. The minimum absolute atomic E-state index is 0.199. The van der Waals surface area contributed by atoms with Gasteiger partial charge in [-0.25, -0.2) is 19.3 Å². The van der Waals surface area contributed by atoms with Crippen LogP contribution in [0.4, 0.5) is 10.2 Å². The van der Waals surface area contributed by atoms with Gasteiger partial charge in [0.15, 0.2) is 5.82 Å². The van der Waals surface area contributed by atoms with E-state index in [2.05, 4.69) is 48.8 Å². The molecule has 4 fully saturated rings. The van der Waals surface area contributed by atoms with E-state index in [1.54, 1.807) is 18.6 Å². The molecule has 2 aromatic heterocycles. The molecule has 1 atom stereocenters. The summed E-state index contributed by atoms with van der Waals surface area (Å²) in [5, 5.41) is 8.32. The lowest BCUT2D eigenvalue weighted by molar-refractivity contribution is -0.133. The number of carbonyl (C=O) groups is 1. The summed E-state index contributed by atoms with van der Waals surface area (Å²) in [5.74, 6) is 2.86. The summed E-state index contributed by atoms with van der Waals surface area (Å²) in [4.78, 5) is 29.8. The number of hydrogen-bond donors (Lipinski definition) is 0. The van der Waals surface area contributed by atoms with Crippen molar-refractivity contribution in [2.24, 2.45) is 17.3 Å². The van der Waals surface area contributed by atoms with Gasteiger partial charge in [-0.2, -0.15) is 0 Å². The Balaban J connectivity index is 1.10. The molecule has 10 heteroatoms. The number of Topliss-reactive ketones (excluding diaryl/α,β-unsaturated/α-hetero) is 1. The first kappa shape index (κ1) is 25.4. The minimum atomic E-state index is -0.354. The molecule has 1 spiro atoms. The molecule has 0 bridgehead atoms. The predicted molar refractivity (Wildman–Crippen MR) is 146 cm³/mol. The molecular formula is C30H34FN7O2. The van der Waals surface area contributed by atoms with Crippen LogP contribution in [0.2, 0.25) is 0 Å². The van der Waals surface area contributed by atoms with Crippen molar-refractivity contribution >= 4 is 11.6 Å². The molecule has 0 unspecified atom stereocenters. The first-order valence-corrected chi connectivity index (χ1v) is 14.4. The van der Waals surface area contributed by atoms with Crippen LogP contribution in [0.15, 0.2) is 37.1 Å². The highest BCUT2D eigenvalue weighted by atomic mass is 19.1. The maximum absolute atomic E-state index is 14.4. The second-order valence-electron chi connectivity index (χ2n) is 12.4. The van der Waals surface area contributed by atoms with Crippen molar-refractivity contribution in [3.05, 3.63) is 48.6 Å². The monoisotopic (exact) mass is 543 g/mol. The Kier molecular flexibility index (Phi) is 6.25. The van der Waals surface area contributed by atoms with Crippen LogP contribution in [0, 0.1) is 23.1 Å². The lowest BCUT2D eigenvalue weighted by Crippen LogP contribution is -2.64. The van der Waals surface area contributed by atoms with Gasteiger partial charge in [-0.05, 0) is 49.3 Å². The number of nitrogens with zero attached hydrogens (tertiary/aromatic N) is 7. The number of benzene rings is 1. The van der Waals surface area contributed by atoms with E-state index in [1.807, 2.05) is 0 Å². The van der Waals surface area contributed by atoms with Gasteiger partial charge in [0.05, 0.1) is 5.69 Å². The number of rotatable bonds is 8. The lowest BCUT2D eigenvalue weighted by atomic mass is 9.70. The van der Waals surface area contributed by atoms with Gasteiger partial charge in [0, 0.05) is 73.7 Å². The molecule has 0 amide bonds. The predicted octanol–water partition coefficient (Wildman–Crippen LogP) is 4.65. The average Bonchev–Trinajstić information content (AvgIpc) is 3.67. The third kappa shape index (κ3) is 4.62. The van der Waals surface area contributed by atoms with E-state index in [0.717, 1.165) is 69.5 Å². The molecule has 0 radical (unpaired) electrons. The molecule has 4 heterocycles. The summed E-state index contributed by atoms with van der Waals surface area (Å²) in [6.45, 7) is 8.33. The normalized spacial score (nSPS) is 21.5. The van der Waals surface area contributed by atoms with Gasteiger partial charge in [-0.1, -0.05) is 13.8 Å². The number of hydrogen-bond acceptors (Lipinski definition) is 9. The summed E-state index contributed by atoms with van der Waals surface area (Å²) < 4.78 is 20.8. The molecule has 40 heavy (non-hydrogen) atoms. The second kappa shape index (κ2) is 9.83. The molecule has 2 aliphatic heterocycles. The number of aromatic nitrogens is 5. The summed E-state index contributed by atoms with van der Waals surface area (Å²) in [7, 11) is 0. The van der Waals surface area contributed by atoms with Crippen LogP contribution in [0.3, 0.4) is 0 Å². The van der Waals surface area contributed by atoms with Crippen molar-refractivity contribution in [1.29, 1.82) is 0 Å². The molecule has 2 aliphatic carbocycles. The van der Waals surface area contributed by atoms with Gasteiger partial charge in [-0.3, -0.25) is 9.69 Å². The van der Waals surface area contributed by atoms with Crippen LogP contribution < -0.4 is 9.64 Å². The number of anilines is 1. The zero-order chi connectivity index (χ0) is 27.4. The molecule has 0 N–H and O–H groups in total. The fourth-order valence-corrected chi connectivity index (χ4v) is 7.11. The van der Waals surface area contributed by atoms with Crippen molar-refractivity contribution in [3.8, 4) is 22.8 Å². The zero-order valence-electron chi connectivity index (χ0n) is 23.0. The highest BCUT2D eigenvalue weighted by molar-refractivity contribution is 5.84. The maximum atomic E-state index is 14.4. The molecule has 7 rings (SSSR count). The van der Waals surface area contributed by atoms with Crippen LogP contribution in [0.25, 0.3) is 11.1 Å². The van der Waals surface area contributed by atoms with Crippen molar-refractivity contribution in [3.63, 3.8) is 0 Å². The molecule has 2 saturated carbocycles. The first-order valence-electron chi connectivity index (χ1n) is 14.4. The number of carbonyl (C=O) groups excluding carboxylic acids is 1. The zero-order valence-corrected chi connectivity index (χ0v) is 23.0. The third-order valence-corrected chi connectivity index (χ3v) is 9.10. The van der Waals surface area contributed by atoms with Crippen molar-refractivity contribution < 1.29 is 13.9 Å². The Morgan fingerprint density at radius 3 is 2.65 bits per heavy atom. The van der Waals surface area contributed by atoms with Crippen molar-refractivity contribution in [2.75, 3.05) is 31.1 Å². The Labute approximate surface area is 233 Å². The molecule has 208 valence electrons. The third-order valence-electron chi connectivity index (χ3n) is 9.10. The van der Waals surface area contributed by atoms with Crippen LogP contribution in [-0.2, 0) is 4.79 Å². The first-order chi connectivity index (χ1) is 19.4. The number of likely N-dealkylation sites (tertiary alicyclic amines) is 1. The summed E-state index contributed by atoms with van der Waals surface area (Å²) in [6, 6.07) is 4.95. The Hall–Kier alpha value is -3.53. The molecule has 9 nitrogen and oxygen atoms in total. The summed E-state index contributed by atoms with van der Waals surface area (Å²) >= 11 is 0. The van der Waals surface area contributed by atoms with Crippen LogP contribution in [0.5, 0.6) is 11.6 Å². The minimum Gasteiger partial charge on any atom is -0.434 e. The maximum Gasteiger partial charge on any atom is 0.282 e. The second-order valence-corrected chi connectivity index (χ2v) is 12.4. The Morgan fingerprint density at radius 2 is 1.90 bits per heavy atom. The van der Waals surface area contributed by atoms with Crippen LogP contribution in [0.1, 0.15) is 57.6 Å². The van der Waals surface area contributed by atoms with Gasteiger partial charge in [-0.15, -0.1) is 10.2 Å². The van der Waals surface area contributed by atoms with E-state index in [1.165, 1.54) is 18.5 Å². The standard InChI is InChI=1S/C30H34FN7O2/c1-18(2)27(20-9-22(39)10-20)38-14-30(15-38)7-8-37(13-30)28-29(36-35-17-34-28)40-25-6-5-21(31)11-23(25)24-12-32-16-33-26(24)19-3-4-19/h5-6,11-12,16-20,27H,3-4,7-10,13-15H2,1-2H3/t27-/m0/s1. The van der Waals surface area contributed by atoms with Crippen molar-refractivity contribution in [2.45, 2.75) is 57.9 Å². The molecule has 3 aromatic rings. The molecule has 2 saturated heterocycles. The number of ketones is 1. The van der Waals surface area contributed by atoms with Crippen LogP contribution in [-0.4, -0.2) is 68.1 Å². The average molecular weight is 544 g/mol. The Morgan fingerprint density at radius 1 is 1.07 bits per heavy atom. The van der Waals surface area contributed by atoms with Gasteiger partial charge in [0.2, 0.25) is 0 Å². The smallest absolute Gasteiger partial charge is 0.282 e. The number of halogens is 1. The topological polar surface area (TPSA) is 97.2 Å². The van der Waals surface area contributed by atoms with Crippen molar-refractivity contribution in [1.82, 2.24) is 30.0 Å². The SMILES string of the molecule is CC(C)[C@@H](C1CC(=O)C1)N1CC2(CCN(c3ncnnc3Oc3ccc(F)cc3-c3cncnc3C3CC3)C2)C1. The Bertz CT molecular complexity index is 1430. The van der Waals surface area contributed by atoms with Gasteiger partial charge in [0.1, 0.15) is 30.0 Å². The van der Waals surface area contributed by atoms with E-state index < -0.39 is 0 Å². The highest BCUT2D eigenvalue weighted by Crippen LogP contribution is 2.48. The van der Waals surface area contributed by atoms with E-state index in [4.69, 9.17) is 4.74 Å². The number of ether oxygens (including phenoxy) is 1. The lowest BCUT2D eigenvalue weighted by Gasteiger charge is -2.55. The summed E-state index contributed by atoms with van der Waals surface area (Å²) in [5.41, 5.74) is 2.50. The fourth-order valence-electron chi connectivity index (χ4n) is 7.11. The van der Waals surface area contributed by atoms with E-state index in [-0.39, 0.29) is 11.2 Å². The van der Waals surface area contributed by atoms with Gasteiger partial charge in [0.25, 0.3) is 5.88 Å². The highest BCUT2D eigenvalue weighted by Gasteiger charge is 2.52. The van der Waals surface area contributed by atoms with Gasteiger partial charge < -0.3 is 9.64 Å². The summed E-state index contributed by atoms with van der Waals surface area (Å²) in [6.07, 6.45) is 9.38. The van der Waals surface area contributed by atoms with Crippen LogP contribution >= 0.6 is 0 Å². The fraction of sp³-hybridized carbons (Fsp3) is 0.533. The van der Waals surface area contributed by atoms with E-state index in [9.17, 15) is 9.18 Å². The molecular weight excluding hydrogens is 509 g/mol. The van der Waals surface area contributed by atoms with E-state index in [0.29, 0.717) is 52.6 Å². The molecule has 1 aromatic carbocycles. The largest absolute Gasteiger partial charge is 0.434 e. The quantitative estimate of drug-likeness (QED) is 0.402.